The van der Waals surface area contributed by atoms with Crippen molar-refractivity contribution in [2.75, 3.05) is 14.2 Å². The van der Waals surface area contributed by atoms with Gasteiger partial charge in [0.1, 0.15) is 21.3 Å². The SMILES string of the molecule is COc1ccc(-c2c(C)nc3sc(C(C)(C)OC)nn23)cc1S(=O)(=O)N[C@H]1CC[C@H](O)CC1. The van der Waals surface area contributed by atoms with Crippen molar-refractivity contribution in [2.45, 2.75) is 69.1 Å². The van der Waals surface area contributed by atoms with Gasteiger partial charge in [0.15, 0.2) is 0 Å². The van der Waals surface area contributed by atoms with E-state index in [-0.39, 0.29) is 22.8 Å². The highest BCUT2D eigenvalue weighted by Gasteiger charge is 2.29. The van der Waals surface area contributed by atoms with E-state index in [4.69, 9.17) is 14.6 Å². The number of rotatable bonds is 7. The maximum absolute atomic E-state index is 13.3. The van der Waals surface area contributed by atoms with Crippen LogP contribution in [0.5, 0.6) is 5.75 Å². The summed E-state index contributed by atoms with van der Waals surface area (Å²) < 4.78 is 42.1. The molecule has 0 aliphatic heterocycles. The van der Waals surface area contributed by atoms with Crippen LogP contribution in [0.4, 0.5) is 0 Å². The lowest BCUT2D eigenvalue weighted by molar-refractivity contribution is 0.0183. The van der Waals surface area contributed by atoms with E-state index in [1.165, 1.54) is 18.4 Å². The van der Waals surface area contributed by atoms with Crippen LogP contribution in [0.2, 0.25) is 0 Å². The van der Waals surface area contributed by atoms with Crippen LogP contribution in [0, 0.1) is 6.92 Å². The summed E-state index contributed by atoms with van der Waals surface area (Å²) in [5.41, 5.74) is 1.58. The third-order valence-electron chi connectivity index (χ3n) is 6.15. The van der Waals surface area contributed by atoms with Gasteiger partial charge in [-0.1, -0.05) is 11.3 Å². The molecule has 0 amide bonds. The van der Waals surface area contributed by atoms with Crippen molar-refractivity contribution in [1.82, 2.24) is 19.3 Å². The van der Waals surface area contributed by atoms with Crippen molar-refractivity contribution in [2.24, 2.45) is 0 Å². The summed E-state index contributed by atoms with van der Waals surface area (Å²) in [6, 6.07) is 4.86. The number of imidazole rings is 1. The van der Waals surface area contributed by atoms with Crippen LogP contribution < -0.4 is 9.46 Å². The minimum atomic E-state index is -3.85. The third-order valence-corrected chi connectivity index (χ3v) is 8.90. The van der Waals surface area contributed by atoms with E-state index in [1.54, 1.807) is 23.8 Å². The number of aliphatic hydroxyl groups excluding tert-OH is 1. The Bertz CT molecular complexity index is 1260. The fraction of sp³-hybridized carbons (Fsp3) is 0.545. The van der Waals surface area contributed by atoms with E-state index >= 15 is 0 Å². The molecule has 11 heteroatoms. The molecule has 1 saturated carbocycles. The number of nitrogens with zero attached hydrogens (tertiary/aromatic N) is 3. The van der Waals surface area contributed by atoms with Crippen LogP contribution in [0.1, 0.15) is 50.2 Å². The Labute approximate surface area is 197 Å². The van der Waals surface area contributed by atoms with Crippen LogP contribution in [0.25, 0.3) is 16.2 Å². The lowest BCUT2D eigenvalue weighted by atomic mass is 9.94. The van der Waals surface area contributed by atoms with Gasteiger partial charge in [-0.3, -0.25) is 0 Å². The standard InChI is InChI=1S/C22H30N4O5S2/c1-13-19(26-21(23-13)32-20(24-26)22(2,3)31-5)14-6-11-17(30-4)18(12-14)33(28,29)25-15-7-9-16(27)10-8-15/h6,11-12,15-16,25,27H,7-10H2,1-5H3/t15-,16-. The Morgan fingerprint density at radius 2 is 1.91 bits per heavy atom. The molecule has 1 aromatic carbocycles. The molecule has 1 aliphatic carbocycles. The van der Waals surface area contributed by atoms with Crippen LogP contribution in [0.3, 0.4) is 0 Å². The molecule has 2 heterocycles. The fourth-order valence-electron chi connectivity index (χ4n) is 4.02. The number of ether oxygens (including phenoxy) is 2. The molecule has 33 heavy (non-hydrogen) atoms. The topological polar surface area (TPSA) is 115 Å². The number of methoxy groups -OCH3 is 2. The lowest BCUT2D eigenvalue weighted by Crippen LogP contribution is -2.38. The highest BCUT2D eigenvalue weighted by atomic mass is 32.2. The molecule has 1 aliphatic rings. The van der Waals surface area contributed by atoms with Crippen LogP contribution in [0.15, 0.2) is 23.1 Å². The molecule has 0 saturated heterocycles. The molecule has 4 rings (SSSR count). The largest absolute Gasteiger partial charge is 0.495 e. The fourth-order valence-corrected chi connectivity index (χ4v) is 6.55. The summed E-state index contributed by atoms with van der Waals surface area (Å²) in [5, 5.41) is 15.2. The number of sulfonamides is 1. The second-order valence-electron chi connectivity index (χ2n) is 8.85. The van der Waals surface area contributed by atoms with E-state index in [9.17, 15) is 13.5 Å². The highest BCUT2D eigenvalue weighted by molar-refractivity contribution is 7.89. The summed E-state index contributed by atoms with van der Waals surface area (Å²) in [6.45, 7) is 5.75. The van der Waals surface area contributed by atoms with E-state index in [1.807, 2.05) is 26.8 Å². The minimum absolute atomic E-state index is 0.0654. The van der Waals surface area contributed by atoms with Gasteiger partial charge in [0.2, 0.25) is 15.0 Å². The van der Waals surface area contributed by atoms with Gasteiger partial charge in [-0.2, -0.15) is 5.10 Å². The summed E-state index contributed by atoms with van der Waals surface area (Å²) in [7, 11) is -0.759. The molecular formula is C22H30N4O5S2. The molecule has 9 nitrogen and oxygen atoms in total. The lowest BCUT2D eigenvalue weighted by Gasteiger charge is -2.26. The van der Waals surface area contributed by atoms with Crippen LogP contribution >= 0.6 is 11.3 Å². The third kappa shape index (κ3) is 4.65. The summed E-state index contributed by atoms with van der Waals surface area (Å²) in [4.78, 5) is 5.41. The van der Waals surface area contributed by atoms with Gasteiger partial charge >= 0.3 is 0 Å². The zero-order valence-electron chi connectivity index (χ0n) is 19.5. The second kappa shape index (κ2) is 8.95. The Morgan fingerprint density at radius 3 is 2.55 bits per heavy atom. The van der Waals surface area contributed by atoms with Crippen LogP contribution in [-0.4, -0.2) is 54.5 Å². The first-order valence-corrected chi connectivity index (χ1v) is 13.2. The maximum Gasteiger partial charge on any atom is 0.244 e. The zero-order valence-corrected chi connectivity index (χ0v) is 21.1. The first-order valence-electron chi connectivity index (χ1n) is 10.9. The molecule has 3 aromatic rings. The van der Waals surface area contributed by atoms with Crippen molar-refractivity contribution < 1.29 is 23.0 Å². The molecule has 0 atom stereocenters. The highest BCUT2D eigenvalue weighted by Crippen LogP contribution is 2.35. The smallest absolute Gasteiger partial charge is 0.244 e. The van der Waals surface area contributed by atoms with E-state index < -0.39 is 15.6 Å². The molecular weight excluding hydrogens is 464 g/mol. The molecule has 2 N–H and O–H groups in total. The number of fused-ring (bicyclic) bond motifs is 1. The number of hydrogen-bond donors (Lipinski definition) is 2. The van der Waals surface area contributed by atoms with Crippen molar-refractivity contribution >= 4 is 26.3 Å². The first-order chi connectivity index (χ1) is 15.6. The molecule has 0 radical (unpaired) electrons. The number of aromatic nitrogens is 3. The number of nitrogens with one attached hydrogen (secondary N) is 1. The number of benzene rings is 1. The average molecular weight is 495 g/mol. The Morgan fingerprint density at radius 1 is 1.21 bits per heavy atom. The molecule has 180 valence electrons. The van der Waals surface area contributed by atoms with Crippen molar-refractivity contribution in [3.63, 3.8) is 0 Å². The monoisotopic (exact) mass is 494 g/mol. The molecule has 2 aromatic heterocycles. The van der Waals surface area contributed by atoms with Gasteiger partial charge in [0.05, 0.1) is 24.6 Å². The van der Waals surface area contributed by atoms with Gasteiger partial charge in [-0.05, 0) is 64.7 Å². The quantitative estimate of drug-likeness (QED) is 0.518. The van der Waals surface area contributed by atoms with E-state index in [0.29, 0.717) is 36.2 Å². The molecule has 0 unspecified atom stereocenters. The Balaban J connectivity index is 1.75. The van der Waals surface area contributed by atoms with Crippen LogP contribution in [-0.2, 0) is 20.4 Å². The van der Waals surface area contributed by atoms with Gasteiger partial charge in [0.25, 0.3) is 0 Å². The maximum atomic E-state index is 13.3. The van der Waals surface area contributed by atoms with Crippen molar-refractivity contribution in [3.05, 3.63) is 28.9 Å². The Kier molecular flexibility index (Phi) is 6.53. The van der Waals surface area contributed by atoms with Crippen molar-refractivity contribution in [1.29, 1.82) is 0 Å². The molecule has 0 spiro atoms. The second-order valence-corrected chi connectivity index (χ2v) is 11.5. The van der Waals surface area contributed by atoms with Gasteiger partial charge in [0, 0.05) is 18.7 Å². The molecule has 1 fully saturated rings. The average Bonchev–Trinajstić information content (AvgIpc) is 3.32. The minimum Gasteiger partial charge on any atom is -0.495 e. The molecule has 0 bridgehead atoms. The predicted molar refractivity (Wildman–Crippen MR) is 126 cm³/mol. The van der Waals surface area contributed by atoms with Gasteiger partial charge < -0.3 is 14.6 Å². The Hall–Kier alpha value is -2.05. The van der Waals surface area contributed by atoms with E-state index in [2.05, 4.69) is 9.71 Å². The summed E-state index contributed by atoms with van der Waals surface area (Å²) >= 11 is 1.44. The summed E-state index contributed by atoms with van der Waals surface area (Å²) in [6.07, 6.45) is 2.01. The number of aryl methyl sites for hydroxylation is 1. The van der Waals surface area contributed by atoms with E-state index in [0.717, 1.165) is 16.4 Å². The first kappa shape index (κ1) is 24.1. The normalized spacial score (nSPS) is 19.8. The zero-order chi connectivity index (χ0) is 24.0. The van der Waals surface area contributed by atoms with Gasteiger partial charge in [-0.15, -0.1) is 0 Å². The number of aliphatic hydroxyl groups is 1. The van der Waals surface area contributed by atoms with Gasteiger partial charge in [-0.25, -0.2) is 22.6 Å². The summed E-state index contributed by atoms with van der Waals surface area (Å²) in [5.74, 6) is 0.264. The van der Waals surface area contributed by atoms with Crippen molar-refractivity contribution in [3.8, 4) is 17.0 Å². The predicted octanol–water partition coefficient (Wildman–Crippen LogP) is 3.24. The number of hydrogen-bond acceptors (Lipinski definition) is 8.